The number of amides is 1. The van der Waals surface area contributed by atoms with Crippen LogP contribution in [0.3, 0.4) is 0 Å². The molecule has 1 atom stereocenters. The standard InChI is InChI=1S/C26H21ClF2N4O4/c1-12-16(27)4-3-15-14(8-30-20(12)15)7-19-23(35)33(24(36)31-19)21(13-2-5-17(28)18(29)6-13)22(34)32-25-9-26(37,10-25)11-25/h2-8,21,35,37H,9-11H2,1H3,(H,31,36)(H,32,34). The maximum atomic E-state index is 14.1. The molecular weight excluding hydrogens is 506 g/mol. The first-order valence-corrected chi connectivity index (χ1v) is 12.0. The van der Waals surface area contributed by atoms with E-state index in [9.17, 15) is 28.6 Å². The predicted molar refractivity (Wildman–Crippen MR) is 133 cm³/mol. The van der Waals surface area contributed by atoms with E-state index in [0.29, 0.717) is 35.5 Å². The number of benzene rings is 2. The summed E-state index contributed by atoms with van der Waals surface area (Å²) >= 11 is 6.18. The van der Waals surface area contributed by atoms with Gasteiger partial charge in [0.05, 0.1) is 11.3 Å². The number of nitrogens with zero attached hydrogens (tertiary/aromatic N) is 2. The van der Waals surface area contributed by atoms with Crippen LogP contribution in [0.1, 0.15) is 47.7 Å². The van der Waals surface area contributed by atoms with Crippen molar-refractivity contribution in [3.63, 3.8) is 0 Å². The van der Waals surface area contributed by atoms with E-state index in [2.05, 4.69) is 15.3 Å². The number of H-pyrrole nitrogens is 1. The Morgan fingerprint density at radius 3 is 2.65 bits per heavy atom. The number of aromatic hydroxyl groups is 1. The van der Waals surface area contributed by atoms with Gasteiger partial charge in [-0.3, -0.25) is 9.79 Å². The predicted octanol–water partition coefficient (Wildman–Crippen LogP) is 3.75. The van der Waals surface area contributed by atoms with Gasteiger partial charge in [-0.1, -0.05) is 23.7 Å². The fourth-order valence-corrected chi connectivity index (χ4v) is 5.80. The van der Waals surface area contributed by atoms with Gasteiger partial charge in [-0.05, 0) is 61.6 Å². The van der Waals surface area contributed by atoms with Crippen molar-refractivity contribution in [2.75, 3.05) is 0 Å². The van der Waals surface area contributed by atoms with E-state index >= 15 is 0 Å². The second-order valence-corrected chi connectivity index (χ2v) is 10.5. The van der Waals surface area contributed by atoms with Crippen LogP contribution >= 0.6 is 11.6 Å². The summed E-state index contributed by atoms with van der Waals surface area (Å²) in [4.78, 5) is 33.4. The van der Waals surface area contributed by atoms with Crippen LogP contribution in [0.5, 0.6) is 5.88 Å². The molecule has 3 saturated carbocycles. The number of carbonyl (C=O) groups excluding carboxylic acids is 1. The van der Waals surface area contributed by atoms with Gasteiger partial charge in [-0.25, -0.2) is 18.1 Å². The Morgan fingerprint density at radius 2 is 1.97 bits per heavy atom. The molecule has 1 unspecified atom stereocenters. The quantitative estimate of drug-likeness (QED) is 0.405. The van der Waals surface area contributed by atoms with Crippen LogP contribution in [0, 0.1) is 18.6 Å². The summed E-state index contributed by atoms with van der Waals surface area (Å²) in [5.41, 5.74) is 0.517. The minimum absolute atomic E-state index is 0.00659. The first kappa shape index (κ1) is 23.6. The lowest BCUT2D eigenvalue weighted by atomic mass is 9.46. The Hall–Kier alpha value is -3.76. The SMILES string of the molecule is Cc1c(Cl)ccc2c1N=CC2=Cc1[nH]c(=O)n(C(C(=O)NC23CC(O)(C2)C3)c2ccc(F)c(F)c2)c1O. The lowest BCUT2D eigenvalue weighted by Gasteiger charge is -2.67. The Bertz CT molecular complexity index is 1600. The largest absolute Gasteiger partial charge is 0.493 e. The summed E-state index contributed by atoms with van der Waals surface area (Å²) in [5, 5.41) is 24.5. The summed E-state index contributed by atoms with van der Waals surface area (Å²) in [5.74, 6) is -3.57. The molecule has 3 aromatic rings. The fraction of sp³-hybridized carbons (Fsp3) is 0.269. The first-order valence-electron chi connectivity index (χ1n) is 11.6. The fourth-order valence-electron chi connectivity index (χ4n) is 5.64. The van der Waals surface area contributed by atoms with Crippen molar-refractivity contribution in [2.45, 2.75) is 43.4 Å². The number of halogens is 3. The number of aliphatic imine (C=N–C) groups is 1. The van der Waals surface area contributed by atoms with Crippen LogP contribution in [-0.4, -0.2) is 43.0 Å². The average Bonchev–Trinajstić information content (AvgIpc) is 3.33. The smallest absolute Gasteiger partial charge is 0.329 e. The number of imidazole rings is 1. The zero-order valence-electron chi connectivity index (χ0n) is 19.5. The maximum absolute atomic E-state index is 14.1. The van der Waals surface area contributed by atoms with Crippen molar-refractivity contribution in [3.8, 4) is 5.88 Å². The maximum Gasteiger partial charge on any atom is 0.329 e. The number of aromatic nitrogens is 2. The molecule has 1 aliphatic heterocycles. The molecule has 7 rings (SSSR count). The van der Waals surface area contributed by atoms with Crippen LogP contribution in [0.25, 0.3) is 11.6 Å². The van der Waals surface area contributed by atoms with Gasteiger partial charge in [-0.15, -0.1) is 0 Å². The monoisotopic (exact) mass is 526 g/mol. The highest BCUT2D eigenvalue weighted by atomic mass is 35.5. The first-order chi connectivity index (χ1) is 17.5. The highest BCUT2D eigenvalue weighted by Gasteiger charge is 2.68. The van der Waals surface area contributed by atoms with E-state index in [1.54, 1.807) is 18.3 Å². The number of hydrogen-bond acceptors (Lipinski definition) is 5. The lowest BCUT2D eigenvalue weighted by Crippen LogP contribution is -2.79. The summed E-state index contributed by atoms with van der Waals surface area (Å²) in [6, 6.07) is 4.84. The van der Waals surface area contributed by atoms with Gasteiger partial charge >= 0.3 is 5.69 Å². The molecule has 37 heavy (non-hydrogen) atoms. The molecule has 0 saturated heterocycles. The highest BCUT2D eigenvalue weighted by molar-refractivity contribution is 6.32. The molecule has 3 fully saturated rings. The van der Waals surface area contributed by atoms with Gasteiger partial charge in [0.25, 0.3) is 0 Å². The number of hydrogen-bond donors (Lipinski definition) is 4. The number of allylic oxidation sites excluding steroid dienone is 1. The Kier molecular flexibility index (Phi) is 5.02. The van der Waals surface area contributed by atoms with Crippen LogP contribution in [0.15, 0.2) is 40.1 Å². The van der Waals surface area contributed by atoms with Crippen LogP contribution in [0.2, 0.25) is 5.02 Å². The molecule has 2 aromatic carbocycles. The van der Waals surface area contributed by atoms with Crippen molar-refractivity contribution in [1.82, 2.24) is 14.9 Å². The van der Waals surface area contributed by atoms with Crippen LogP contribution in [-0.2, 0) is 4.79 Å². The van der Waals surface area contributed by atoms with Crippen LogP contribution in [0.4, 0.5) is 14.5 Å². The number of aromatic amines is 1. The molecule has 0 spiro atoms. The minimum Gasteiger partial charge on any atom is -0.493 e. The molecule has 2 heterocycles. The molecule has 11 heteroatoms. The number of rotatable bonds is 5. The van der Waals surface area contributed by atoms with Crippen molar-refractivity contribution in [1.29, 1.82) is 0 Å². The van der Waals surface area contributed by atoms with Gasteiger partial charge in [0.1, 0.15) is 11.7 Å². The van der Waals surface area contributed by atoms with E-state index in [1.807, 2.05) is 6.92 Å². The molecule has 190 valence electrons. The van der Waals surface area contributed by atoms with E-state index in [4.69, 9.17) is 11.6 Å². The van der Waals surface area contributed by atoms with E-state index < -0.39 is 46.3 Å². The second-order valence-electron chi connectivity index (χ2n) is 10.1. The molecule has 3 aliphatic carbocycles. The Morgan fingerprint density at radius 1 is 1.24 bits per heavy atom. The third-order valence-corrected chi connectivity index (χ3v) is 7.80. The highest BCUT2D eigenvalue weighted by Crippen LogP contribution is 2.60. The molecular formula is C26H21ClF2N4O4. The molecule has 4 N–H and O–H groups in total. The van der Waals surface area contributed by atoms with E-state index in [0.717, 1.165) is 27.8 Å². The molecule has 0 radical (unpaired) electrons. The number of fused-ring (bicyclic) bond motifs is 1. The average molecular weight is 527 g/mol. The summed E-state index contributed by atoms with van der Waals surface area (Å²) < 4.78 is 28.6. The van der Waals surface area contributed by atoms with Gasteiger partial charge in [0, 0.05) is 27.9 Å². The normalized spacial score (nSPS) is 24.9. The lowest BCUT2D eigenvalue weighted by molar-refractivity contribution is -0.220. The van der Waals surface area contributed by atoms with Crippen molar-refractivity contribution < 1.29 is 23.8 Å². The van der Waals surface area contributed by atoms with Gasteiger partial charge < -0.3 is 20.5 Å². The van der Waals surface area contributed by atoms with E-state index in [-0.39, 0.29) is 11.3 Å². The van der Waals surface area contributed by atoms with E-state index in [1.165, 1.54) is 12.1 Å². The third kappa shape index (κ3) is 3.62. The number of aliphatic hydroxyl groups is 1. The number of carbonyl (C=O) groups is 1. The van der Waals surface area contributed by atoms with Crippen molar-refractivity contribution in [3.05, 3.63) is 79.9 Å². The van der Waals surface area contributed by atoms with Crippen LogP contribution < -0.4 is 11.0 Å². The summed E-state index contributed by atoms with van der Waals surface area (Å²) in [6.07, 6.45) is 4.17. The summed E-state index contributed by atoms with van der Waals surface area (Å²) in [6.45, 7) is 1.83. The van der Waals surface area contributed by atoms with Gasteiger partial charge in [0.2, 0.25) is 11.8 Å². The zero-order valence-corrected chi connectivity index (χ0v) is 20.2. The van der Waals surface area contributed by atoms with Crippen molar-refractivity contribution in [2.24, 2.45) is 4.99 Å². The topological polar surface area (TPSA) is 120 Å². The van der Waals surface area contributed by atoms with Gasteiger partial charge in [-0.2, -0.15) is 0 Å². The number of nitrogens with one attached hydrogen (secondary N) is 2. The third-order valence-electron chi connectivity index (χ3n) is 7.39. The van der Waals surface area contributed by atoms with Gasteiger partial charge in [0.15, 0.2) is 11.6 Å². The zero-order chi connectivity index (χ0) is 26.3. The molecule has 1 amide bonds. The Balaban J connectivity index is 1.41. The molecule has 8 nitrogen and oxygen atoms in total. The minimum atomic E-state index is -1.50. The molecule has 1 aromatic heterocycles. The Labute approximate surface area is 213 Å². The summed E-state index contributed by atoms with van der Waals surface area (Å²) in [7, 11) is 0. The molecule has 2 bridgehead atoms. The molecule has 4 aliphatic rings. The van der Waals surface area contributed by atoms with Crippen molar-refractivity contribution >= 4 is 41.1 Å². The second kappa shape index (κ2) is 7.87.